The summed E-state index contributed by atoms with van der Waals surface area (Å²) in [4.78, 5) is 10.3. The van der Waals surface area contributed by atoms with E-state index in [0.29, 0.717) is 6.04 Å². The number of hydrogen-bond acceptors (Lipinski definition) is 4. The molecular formula is C26H46N4. The SMILES string of the molecule is CC(C)C1CCN(CCCN(C)Cc2ccc(N3CCN(C(C)C)CC3)cc2)CC1. The summed E-state index contributed by atoms with van der Waals surface area (Å²) in [6.07, 6.45) is 4.07. The fourth-order valence-electron chi connectivity index (χ4n) is 5.11. The third kappa shape index (κ3) is 6.96. The van der Waals surface area contributed by atoms with Gasteiger partial charge in [-0.2, -0.15) is 0 Å². The van der Waals surface area contributed by atoms with Gasteiger partial charge in [0.2, 0.25) is 0 Å². The maximum atomic E-state index is 2.68. The molecule has 0 spiro atoms. The molecule has 2 heterocycles. The van der Waals surface area contributed by atoms with Crippen LogP contribution in [0.25, 0.3) is 0 Å². The van der Waals surface area contributed by atoms with Crippen molar-refractivity contribution in [1.82, 2.24) is 14.7 Å². The topological polar surface area (TPSA) is 13.0 Å². The van der Waals surface area contributed by atoms with E-state index in [-0.39, 0.29) is 0 Å². The molecule has 0 amide bonds. The molecule has 1 aromatic carbocycles. The quantitative estimate of drug-likeness (QED) is 0.593. The van der Waals surface area contributed by atoms with Crippen molar-refractivity contribution in [3.63, 3.8) is 0 Å². The smallest absolute Gasteiger partial charge is 0.0367 e. The first-order chi connectivity index (χ1) is 14.4. The van der Waals surface area contributed by atoms with Gasteiger partial charge in [-0.1, -0.05) is 26.0 Å². The molecule has 2 aliphatic rings. The zero-order chi connectivity index (χ0) is 21.5. The Morgan fingerprint density at radius 3 is 2.10 bits per heavy atom. The predicted octanol–water partition coefficient (Wildman–Crippen LogP) is 4.41. The lowest BCUT2D eigenvalue weighted by Crippen LogP contribution is -2.48. The van der Waals surface area contributed by atoms with Crippen LogP contribution in [0, 0.1) is 11.8 Å². The van der Waals surface area contributed by atoms with Crippen LogP contribution < -0.4 is 4.90 Å². The van der Waals surface area contributed by atoms with Gasteiger partial charge in [-0.05, 0) is 95.9 Å². The van der Waals surface area contributed by atoms with Gasteiger partial charge in [-0.25, -0.2) is 0 Å². The maximum Gasteiger partial charge on any atom is 0.0367 e. The molecule has 0 unspecified atom stereocenters. The van der Waals surface area contributed by atoms with Crippen LogP contribution in [-0.4, -0.2) is 80.1 Å². The molecule has 0 aliphatic carbocycles. The van der Waals surface area contributed by atoms with Gasteiger partial charge in [0.05, 0.1) is 0 Å². The van der Waals surface area contributed by atoms with E-state index < -0.39 is 0 Å². The number of piperidine rings is 1. The average molecular weight is 415 g/mol. The van der Waals surface area contributed by atoms with Gasteiger partial charge in [0, 0.05) is 44.5 Å². The summed E-state index contributed by atoms with van der Waals surface area (Å²) in [5.41, 5.74) is 2.81. The van der Waals surface area contributed by atoms with E-state index in [2.05, 4.69) is 78.6 Å². The first-order valence-corrected chi connectivity index (χ1v) is 12.4. The van der Waals surface area contributed by atoms with E-state index in [0.717, 1.165) is 31.5 Å². The highest BCUT2D eigenvalue weighted by atomic mass is 15.3. The second-order valence-corrected chi connectivity index (χ2v) is 10.3. The van der Waals surface area contributed by atoms with Gasteiger partial charge >= 0.3 is 0 Å². The fourth-order valence-corrected chi connectivity index (χ4v) is 5.11. The minimum atomic E-state index is 0.664. The van der Waals surface area contributed by atoms with Crippen molar-refractivity contribution < 1.29 is 0 Å². The molecule has 1 aromatic rings. The predicted molar refractivity (Wildman–Crippen MR) is 130 cm³/mol. The highest BCUT2D eigenvalue weighted by molar-refractivity contribution is 5.48. The van der Waals surface area contributed by atoms with Crippen molar-refractivity contribution in [1.29, 1.82) is 0 Å². The van der Waals surface area contributed by atoms with Crippen molar-refractivity contribution in [2.75, 3.05) is 64.3 Å². The second-order valence-electron chi connectivity index (χ2n) is 10.3. The Balaban J connectivity index is 1.34. The molecule has 0 atom stereocenters. The number of piperazine rings is 1. The van der Waals surface area contributed by atoms with Crippen LogP contribution in [0.5, 0.6) is 0 Å². The zero-order valence-corrected chi connectivity index (χ0v) is 20.3. The summed E-state index contributed by atoms with van der Waals surface area (Å²) < 4.78 is 0. The third-order valence-electron chi connectivity index (χ3n) is 7.39. The van der Waals surface area contributed by atoms with Crippen LogP contribution >= 0.6 is 0 Å². The normalized spacial score (nSPS) is 20.1. The second kappa shape index (κ2) is 11.5. The standard InChI is InChI=1S/C26H46N4/c1-22(2)25-11-15-28(16-12-25)14-6-13-27(5)21-24-7-9-26(10-8-24)30-19-17-29(18-20-30)23(3)4/h7-10,22-23,25H,6,11-21H2,1-5H3. The van der Waals surface area contributed by atoms with Gasteiger partial charge in [0.25, 0.3) is 0 Å². The molecule has 2 fully saturated rings. The van der Waals surface area contributed by atoms with E-state index in [1.165, 1.54) is 69.8 Å². The van der Waals surface area contributed by atoms with Crippen molar-refractivity contribution in [2.45, 2.75) is 59.5 Å². The monoisotopic (exact) mass is 414 g/mol. The lowest BCUT2D eigenvalue weighted by molar-refractivity contribution is 0.151. The first kappa shape index (κ1) is 23.6. The molecule has 0 bridgehead atoms. The van der Waals surface area contributed by atoms with E-state index in [9.17, 15) is 0 Å². The van der Waals surface area contributed by atoms with Crippen LogP contribution in [0.3, 0.4) is 0 Å². The number of rotatable bonds is 9. The van der Waals surface area contributed by atoms with Crippen LogP contribution in [0.1, 0.15) is 52.5 Å². The maximum absolute atomic E-state index is 2.68. The minimum absolute atomic E-state index is 0.664. The highest BCUT2D eigenvalue weighted by Gasteiger charge is 2.21. The fraction of sp³-hybridized carbons (Fsp3) is 0.769. The highest BCUT2D eigenvalue weighted by Crippen LogP contribution is 2.24. The van der Waals surface area contributed by atoms with Crippen LogP contribution in [0.4, 0.5) is 5.69 Å². The third-order valence-corrected chi connectivity index (χ3v) is 7.39. The van der Waals surface area contributed by atoms with Gasteiger partial charge in [0.15, 0.2) is 0 Å². The van der Waals surface area contributed by atoms with Crippen molar-refractivity contribution >= 4 is 5.69 Å². The molecular weight excluding hydrogens is 368 g/mol. The molecule has 4 nitrogen and oxygen atoms in total. The number of anilines is 1. The number of benzene rings is 1. The Bertz CT molecular complexity index is 596. The summed E-state index contributed by atoms with van der Waals surface area (Å²) in [6.45, 7) is 20.1. The summed E-state index contributed by atoms with van der Waals surface area (Å²) in [5, 5.41) is 0. The average Bonchev–Trinajstić information content (AvgIpc) is 2.75. The van der Waals surface area contributed by atoms with Gasteiger partial charge < -0.3 is 14.7 Å². The van der Waals surface area contributed by atoms with E-state index in [4.69, 9.17) is 0 Å². The Morgan fingerprint density at radius 2 is 1.53 bits per heavy atom. The molecule has 170 valence electrons. The Kier molecular flexibility index (Phi) is 9.03. The first-order valence-electron chi connectivity index (χ1n) is 12.4. The zero-order valence-electron chi connectivity index (χ0n) is 20.3. The van der Waals surface area contributed by atoms with Gasteiger partial charge in [-0.3, -0.25) is 4.90 Å². The van der Waals surface area contributed by atoms with Crippen LogP contribution in [0.2, 0.25) is 0 Å². The Labute approximate surface area is 186 Å². The summed E-state index contributed by atoms with van der Waals surface area (Å²) in [5.74, 6) is 1.81. The molecule has 30 heavy (non-hydrogen) atoms. The van der Waals surface area contributed by atoms with Crippen molar-refractivity contribution in [3.8, 4) is 0 Å². The van der Waals surface area contributed by atoms with Crippen molar-refractivity contribution in [3.05, 3.63) is 29.8 Å². The minimum Gasteiger partial charge on any atom is -0.369 e. The molecule has 0 radical (unpaired) electrons. The molecule has 4 heteroatoms. The molecule has 2 saturated heterocycles. The Hall–Kier alpha value is -1.10. The van der Waals surface area contributed by atoms with E-state index in [1.807, 2.05) is 0 Å². The summed E-state index contributed by atoms with van der Waals surface area (Å²) in [7, 11) is 2.27. The Morgan fingerprint density at radius 1 is 0.900 bits per heavy atom. The van der Waals surface area contributed by atoms with Crippen LogP contribution in [-0.2, 0) is 6.54 Å². The van der Waals surface area contributed by atoms with Gasteiger partial charge in [-0.15, -0.1) is 0 Å². The molecule has 0 aromatic heterocycles. The van der Waals surface area contributed by atoms with Gasteiger partial charge in [0.1, 0.15) is 0 Å². The lowest BCUT2D eigenvalue weighted by atomic mass is 9.87. The molecule has 3 rings (SSSR count). The number of likely N-dealkylation sites (tertiary alicyclic amines) is 1. The van der Waals surface area contributed by atoms with E-state index in [1.54, 1.807) is 0 Å². The number of nitrogens with zero attached hydrogens (tertiary/aromatic N) is 4. The van der Waals surface area contributed by atoms with E-state index >= 15 is 0 Å². The van der Waals surface area contributed by atoms with Crippen LogP contribution in [0.15, 0.2) is 24.3 Å². The largest absolute Gasteiger partial charge is 0.369 e. The van der Waals surface area contributed by atoms with Crippen molar-refractivity contribution in [2.24, 2.45) is 11.8 Å². The lowest BCUT2D eigenvalue weighted by Gasteiger charge is -2.38. The summed E-state index contributed by atoms with van der Waals surface area (Å²) in [6, 6.07) is 9.98. The number of hydrogen-bond donors (Lipinski definition) is 0. The molecule has 0 saturated carbocycles. The summed E-state index contributed by atoms with van der Waals surface area (Å²) >= 11 is 0. The molecule has 0 N–H and O–H groups in total. The molecule has 2 aliphatic heterocycles.